The maximum absolute atomic E-state index is 12.2. The summed E-state index contributed by atoms with van der Waals surface area (Å²) < 4.78 is 6.19. The molecule has 2 spiro atoms. The third kappa shape index (κ3) is 1.56. The highest BCUT2D eigenvalue weighted by molar-refractivity contribution is 6.01. The zero-order valence-electron chi connectivity index (χ0n) is 16.8. The van der Waals surface area contributed by atoms with Crippen molar-refractivity contribution in [3.8, 4) is 0 Å². The van der Waals surface area contributed by atoms with E-state index in [2.05, 4.69) is 26.0 Å². The quantitative estimate of drug-likeness (QED) is 0.461. The third-order valence-electron chi connectivity index (χ3n) is 10.2. The van der Waals surface area contributed by atoms with Gasteiger partial charge in [-0.15, -0.1) is 0 Å². The molecule has 0 N–H and O–H groups in total. The Morgan fingerprint density at radius 2 is 1.96 bits per heavy atom. The molecular weight excluding hydrogens is 348 g/mol. The molecule has 3 heteroatoms. The van der Waals surface area contributed by atoms with Crippen LogP contribution in [-0.2, 0) is 14.3 Å². The summed E-state index contributed by atoms with van der Waals surface area (Å²) in [5, 5.41) is 0. The van der Waals surface area contributed by atoms with E-state index < -0.39 is 0 Å². The van der Waals surface area contributed by atoms with Gasteiger partial charge in [0.1, 0.15) is 5.60 Å². The van der Waals surface area contributed by atoms with Gasteiger partial charge in [-0.25, -0.2) is 0 Å². The molecule has 1 heterocycles. The molecule has 3 nitrogen and oxygen atoms in total. The minimum absolute atomic E-state index is 0.0236. The maximum atomic E-state index is 12.2. The monoisotopic (exact) mass is 376 g/mol. The van der Waals surface area contributed by atoms with Crippen molar-refractivity contribution in [3.63, 3.8) is 0 Å². The van der Waals surface area contributed by atoms with Crippen molar-refractivity contribution in [2.75, 3.05) is 0 Å². The Hall–Kier alpha value is -1.64. The van der Waals surface area contributed by atoms with Crippen LogP contribution in [0.2, 0.25) is 0 Å². The van der Waals surface area contributed by atoms with Crippen LogP contribution < -0.4 is 0 Å². The summed E-state index contributed by atoms with van der Waals surface area (Å²) in [6.45, 7) is 4.79. The maximum Gasteiger partial charge on any atom is 0.306 e. The molecule has 0 amide bonds. The molecule has 0 bridgehead atoms. The van der Waals surface area contributed by atoms with Gasteiger partial charge in [0.2, 0.25) is 0 Å². The molecular formula is C25H28O3. The van der Waals surface area contributed by atoms with Gasteiger partial charge in [0.05, 0.1) is 0 Å². The standard InChI is InChI=1S/C25H28O3/c1-22-6-3-14(26)11-19(22)24(9-10-24)13-16-17(22)4-7-23(2)21(16)15-12-18(15)25(23)8-5-20(27)28-25/h3-4,6,11,15-16,18,21H,5,7-10,12-13H2,1-2H3/t15?,16?,18?,21?,22-,23+,25?/m1/s1. The van der Waals surface area contributed by atoms with Gasteiger partial charge in [-0.1, -0.05) is 24.6 Å². The normalized spacial score (nSPS) is 53.8. The Morgan fingerprint density at radius 1 is 1.14 bits per heavy atom. The first kappa shape index (κ1) is 16.2. The molecule has 7 rings (SSSR count). The van der Waals surface area contributed by atoms with E-state index in [1.54, 1.807) is 11.6 Å². The lowest BCUT2D eigenvalue weighted by atomic mass is 9.47. The minimum Gasteiger partial charge on any atom is -0.458 e. The van der Waals surface area contributed by atoms with Gasteiger partial charge in [-0.2, -0.15) is 0 Å². The molecule has 6 aliphatic carbocycles. The second-order valence-corrected chi connectivity index (χ2v) is 11.3. The molecule has 5 unspecified atom stereocenters. The van der Waals surface area contributed by atoms with E-state index in [-0.39, 0.29) is 33.6 Å². The van der Waals surface area contributed by atoms with Gasteiger partial charge in [0.15, 0.2) is 5.78 Å². The number of carbonyl (C=O) groups excluding carboxylic acids is 2. The summed E-state index contributed by atoms with van der Waals surface area (Å²) in [5.41, 5.74) is 3.01. The summed E-state index contributed by atoms with van der Waals surface area (Å²) in [6, 6.07) is 0. The van der Waals surface area contributed by atoms with Crippen LogP contribution in [0.15, 0.2) is 35.5 Å². The van der Waals surface area contributed by atoms with Crippen LogP contribution in [0.1, 0.15) is 58.8 Å². The highest BCUT2D eigenvalue weighted by Gasteiger charge is 2.79. The molecule has 4 saturated carbocycles. The molecule has 0 aromatic carbocycles. The molecule has 0 radical (unpaired) electrons. The summed E-state index contributed by atoms with van der Waals surface area (Å²) in [7, 11) is 0. The van der Waals surface area contributed by atoms with Crippen molar-refractivity contribution in [1.29, 1.82) is 0 Å². The molecule has 7 aliphatic rings. The van der Waals surface area contributed by atoms with E-state index >= 15 is 0 Å². The smallest absolute Gasteiger partial charge is 0.306 e. The van der Waals surface area contributed by atoms with Crippen molar-refractivity contribution in [3.05, 3.63) is 35.5 Å². The first-order valence-electron chi connectivity index (χ1n) is 11.2. The summed E-state index contributed by atoms with van der Waals surface area (Å²) in [6.07, 6.45) is 15.9. The van der Waals surface area contributed by atoms with Crippen LogP contribution in [0, 0.1) is 39.9 Å². The highest BCUT2D eigenvalue weighted by atomic mass is 16.6. The highest BCUT2D eigenvalue weighted by Crippen LogP contribution is 2.80. The number of hydrogen-bond donors (Lipinski definition) is 0. The van der Waals surface area contributed by atoms with Crippen LogP contribution in [0.25, 0.3) is 0 Å². The van der Waals surface area contributed by atoms with Crippen LogP contribution in [0.5, 0.6) is 0 Å². The van der Waals surface area contributed by atoms with Gasteiger partial charge in [-0.3, -0.25) is 9.59 Å². The van der Waals surface area contributed by atoms with Crippen molar-refractivity contribution >= 4 is 11.8 Å². The lowest BCUT2D eigenvalue weighted by molar-refractivity contribution is -0.166. The topological polar surface area (TPSA) is 43.4 Å². The second-order valence-electron chi connectivity index (χ2n) is 11.3. The van der Waals surface area contributed by atoms with Crippen LogP contribution in [0.3, 0.4) is 0 Å². The molecule has 1 saturated heterocycles. The number of carbonyl (C=O) groups is 2. The van der Waals surface area contributed by atoms with Gasteiger partial charge in [-0.05, 0) is 86.3 Å². The Bertz CT molecular complexity index is 949. The SMILES string of the molecule is C[C@]12C=CC(=O)C=C1C1(CC1)CC1C2=CC[C@@]2(C)C1C1CC1C21CCC(=O)O1. The van der Waals surface area contributed by atoms with E-state index in [9.17, 15) is 9.59 Å². The van der Waals surface area contributed by atoms with E-state index in [0.717, 1.165) is 18.8 Å². The molecule has 1 aliphatic heterocycles. The molecule has 0 aromatic rings. The fourth-order valence-electron chi connectivity index (χ4n) is 8.92. The fourth-order valence-corrected chi connectivity index (χ4v) is 8.92. The van der Waals surface area contributed by atoms with Gasteiger partial charge < -0.3 is 4.74 Å². The molecule has 28 heavy (non-hydrogen) atoms. The average Bonchev–Trinajstić information content (AvgIpc) is 3.55. The van der Waals surface area contributed by atoms with Crippen LogP contribution in [0.4, 0.5) is 0 Å². The third-order valence-corrected chi connectivity index (χ3v) is 10.2. The average molecular weight is 376 g/mol. The Labute approximate surface area is 166 Å². The van der Waals surface area contributed by atoms with Crippen molar-refractivity contribution in [2.24, 2.45) is 39.9 Å². The van der Waals surface area contributed by atoms with E-state index in [4.69, 9.17) is 4.74 Å². The zero-order chi connectivity index (χ0) is 19.1. The van der Waals surface area contributed by atoms with Crippen molar-refractivity contribution in [1.82, 2.24) is 0 Å². The van der Waals surface area contributed by atoms with Crippen molar-refractivity contribution < 1.29 is 14.3 Å². The number of ketones is 1. The van der Waals surface area contributed by atoms with E-state index in [1.165, 1.54) is 31.3 Å². The largest absolute Gasteiger partial charge is 0.458 e. The predicted octanol–water partition coefficient (Wildman–Crippen LogP) is 4.54. The lowest BCUT2D eigenvalue weighted by Crippen LogP contribution is -2.54. The number of rotatable bonds is 0. The van der Waals surface area contributed by atoms with Crippen LogP contribution in [-0.4, -0.2) is 17.4 Å². The molecule has 5 fully saturated rings. The zero-order valence-corrected chi connectivity index (χ0v) is 16.8. The minimum atomic E-state index is -0.201. The number of hydrogen-bond acceptors (Lipinski definition) is 3. The Balaban J connectivity index is 1.39. The van der Waals surface area contributed by atoms with Gasteiger partial charge in [0.25, 0.3) is 0 Å². The Kier molecular flexibility index (Phi) is 2.55. The first-order chi connectivity index (χ1) is 13.3. The van der Waals surface area contributed by atoms with Gasteiger partial charge >= 0.3 is 5.97 Å². The fraction of sp³-hybridized carbons (Fsp3) is 0.680. The first-order valence-corrected chi connectivity index (χ1v) is 11.2. The lowest BCUT2D eigenvalue weighted by Gasteiger charge is -2.57. The molecule has 146 valence electrons. The number of esters is 1. The molecule has 0 aromatic heterocycles. The molecule has 7 atom stereocenters. The second kappa shape index (κ2) is 4.42. The Morgan fingerprint density at radius 3 is 2.68 bits per heavy atom. The number of allylic oxidation sites excluding steroid dienone is 6. The van der Waals surface area contributed by atoms with Gasteiger partial charge in [0, 0.05) is 23.2 Å². The summed E-state index contributed by atoms with van der Waals surface area (Å²) >= 11 is 0. The number of ether oxygens (including phenoxy) is 1. The predicted molar refractivity (Wildman–Crippen MR) is 104 cm³/mol. The summed E-state index contributed by atoms with van der Waals surface area (Å²) in [4.78, 5) is 24.4. The van der Waals surface area contributed by atoms with Crippen molar-refractivity contribution in [2.45, 2.75) is 64.4 Å². The van der Waals surface area contributed by atoms with Crippen LogP contribution >= 0.6 is 0 Å². The van der Waals surface area contributed by atoms with E-state index in [1.807, 2.05) is 6.08 Å². The summed E-state index contributed by atoms with van der Waals surface area (Å²) in [5.74, 6) is 2.71. The number of fused-ring (bicyclic) bond motifs is 10. The van der Waals surface area contributed by atoms with E-state index in [0.29, 0.717) is 24.2 Å².